The second-order valence-electron chi connectivity index (χ2n) is 1.51. The first kappa shape index (κ1) is 12.8. The van der Waals surface area contributed by atoms with Gasteiger partial charge in [-0.1, -0.05) is 0 Å². The molecule has 0 aliphatic carbocycles. The van der Waals surface area contributed by atoms with Crippen molar-refractivity contribution in [3.8, 4) is 0 Å². The van der Waals surface area contributed by atoms with Crippen LogP contribution in [0.1, 0.15) is 6.42 Å². The zero-order valence-electron chi connectivity index (χ0n) is 5.00. The Balaban J connectivity index is 0. The van der Waals surface area contributed by atoms with Crippen LogP contribution in [0.4, 0.5) is 0 Å². The van der Waals surface area contributed by atoms with E-state index >= 15 is 0 Å². The van der Waals surface area contributed by atoms with Gasteiger partial charge in [0.15, 0.2) is 0 Å². The van der Waals surface area contributed by atoms with Crippen LogP contribution in [-0.2, 0) is 9.59 Å². The Morgan fingerprint density at radius 1 is 1.60 bits per heavy atom. The molecule has 0 saturated heterocycles. The van der Waals surface area contributed by atoms with Gasteiger partial charge in [0.05, 0.1) is 12.5 Å². The first-order valence-electron chi connectivity index (χ1n) is 2.20. The molecule has 10 heavy (non-hydrogen) atoms. The third kappa shape index (κ3) is 6.31. The molecule has 0 rings (SSSR count). The van der Waals surface area contributed by atoms with Crippen molar-refractivity contribution in [2.75, 3.05) is 0 Å². The fraction of sp³-hybridized carbons (Fsp3) is 0.500. The van der Waals surface area contributed by atoms with Gasteiger partial charge in [-0.25, -0.2) is 0 Å². The number of carbonyl (C=O) groups is 2. The maximum atomic E-state index is 10.1. The molecule has 4 radical (unpaired) electrons. The smallest absolute Gasteiger partial charge is 0.305 e. The van der Waals surface area contributed by atoms with Crippen LogP contribution in [0.5, 0.6) is 0 Å². The Morgan fingerprint density at radius 2 is 2.00 bits per heavy atom. The van der Waals surface area contributed by atoms with Gasteiger partial charge in [-0.3, -0.25) is 9.59 Å². The molecule has 6 heteroatoms. The Morgan fingerprint density at radius 3 is 2.10 bits per heavy atom. The van der Waals surface area contributed by atoms with E-state index in [0.29, 0.717) is 0 Å². The molecule has 0 aromatic carbocycles. The Kier molecular flexibility index (Phi) is 7.61. The molecule has 0 saturated carbocycles. The van der Waals surface area contributed by atoms with Gasteiger partial charge >= 0.3 is 5.97 Å². The van der Waals surface area contributed by atoms with E-state index in [1.54, 1.807) is 0 Å². The van der Waals surface area contributed by atoms with Crippen LogP contribution in [0.3, 0.4) is 0 Å². The number of aliphatic carboxylic acids is 1. The molecular weight excluding hydrogens is 264 g/mol. The Bertz CT molecular complexity index is 140. The van der Waals surface area contributed by atoms with Gasteiger partial charge < -0.3 is 10.8 Å². The molecule has 4 nitrogen and oxygen atoms in total. The number of hydrogen-bond donors (Lipinski definition) is 2. The van der Waals surface area contributed by atoms with Gasteiger partial charge in [0.1, 0.15) is 0 Å². The SMILES string of the molecule is N[C@@H](CC(=O)O)C(=O)Cl.[Sn]. The van der Waals surface area contributed by atoms with Crippen molar-refractivity contribution in [2.45, 2.75) is 12.5 Å². The molecule has 0 spiro atoms. The van der Waals surface area contributed by atoms with Crippen LogP contribution in [0, 0.1) is 0 Å². The Labute approximate surface area is 79.7 Å². The van der Waals surface area contributed by atoms with Crippen LogP contribution in [0.15, 0.2) is 0 Å². The van der Waals surface area contributed by atoms with Crippen molar-refractivity contribution >= 4 is 46.7 Å². The van der Waals surface area contributed by atoms with Crippen LogP contribution in [-0.4, -0.2) is 46.3 Å². The van der Waals surface area contributed by atoms with Gasteiger partial charge in [-0.2, -0.15) is 0 Å². The predicted octanol–water partition coefficient (Wildman–Crippen LogP) is -0.827. The standard InChI is InChI=1S/C4H6ClNO3.Sn/c5-4(9)2(6)1-3(7)8;/h2H,1,6H2,(H,7,8);/t2-;/m0./s1. The quantitative estimate of drug-likeness (QED) is 0.518. The molecule has 1 atom stereocenters. The molecule has 56 valence electrons. The van der Waals surface area contributed by atoms with Crippen LogP contribution < -0.4 is 5.73 Å². The van der Waals surface area contributed by atoms with E-state index in [0.717, 1.165) is 0 Å². The van der Waals surface area contributed by atoms with Crippen molar-refractivity contribution < 1.29 is 14.7 Å². The van der Waals surface area contributed by atoms with Crippen LogP contribution in [0.25, 0.3) is 0 Å². The number of halogens is 1. The van der Waals surface area contributed by atoms with Crippen molar-refractivity contribution in [3.63, 3.8) is 0 Å². The third-order valence-electron chi connectivity index (χ3n) is 0.686. The molecule has 0 fully saturated rings. The maximum Gasteiger partial charge on any atom is 0.305 e. The summed E-state index contributed by atoms with van der Waals surface area (Å²) < 4.78 is 0. The fourth-order valence-corrected chi connectivity index (χ4v) is 0.346. The van der Waals surface area contributed by atoms with Crippen molar-refractivity contribution in [1.82, 2.24) is 0 Å². The molecule has 0 aliphatic heterocycles. The van der Waals surface area contributed by atoms with Gasteiger partial charge in [0, 0.05) is 23.9 Å². The Hall–Kier alpha value is 0.189. The summed E-state index contributed by atoms with van der Waals surface area (Å²) >= 11 is 4.85. The maximum absolute atomic E-state index is 10.1. The molecule has 3 N–H and O–H groups in total. The zero-order valence-corrected chi connectivity index (χ0v) is 8.61. The molecule has 0 aliphatic rings. The molecule has 0 amide bonds. The minimum absolute atomic E-state index is 0. The first-order chi connectivity index (χ1) is 4.04. The number of carboxylic acid groups (broad SMARTS) is 1. The summed E-state index contributed by atoms with van der Waals surface area (Å²) in [6.07, 6.45) is -0.414. The topological polar surface area (TPSA) is 80.4 Å². The predicted molar refractivity (Wildman–Crippen MR) is 36.8 cm³/mol. The summed E-state index contributed by atoms with van der Waals surface area (Å²) in [5.41, 5.74) is 4.96. The van der Waals surface area contributed by atoms with E-state index in [-0.39, 0.29) is 23.9 Å². The minimum Gasteiger partial charge on any atom is -0.481 e. The monoisotopic (exact) mass is 271 g/mol. The zero-order chi connectivity index (χ0) is 7.44. The summed E-state index contributed by atoms with van der Waals surface area (Å²) in [7, 11) is 0. The molecule has 0 unspecified atom stereocenters. The molecule has 0 bridgehead atoms. The summed E-state index contributed by atoms with van der Waals surface area (Å²) in [5.74, 6) is -1.13. The largest absolute Gasteiger partial charge is 0.481 e. The molecule has 0 heterocycles. The van der Waals surface area contributed by atoms with Crippen LogP contribution in [0.2, 0.25) is 0 Å². The van der Waals surface area contributed by atoms with E-state index < -0.39 is 23.7 Å². The summed E-state index contributed by atoms with van der Waals surface area (Å²) in [6.45, 7) is 0. The number of carboxylic acids is 1. The second kappa shape index (κ2) is 5.94. The summed E-state index contributed by atoms with van der Waals surface area (Å²) in [5, 5.41) is 7.22. The van der Waals surface area contributed by atoms with E-state index in [9.17, 15) is 9.59 Å². The average molecular weight is 270 g/mol. The van der Waals surface area contributed by atoms with E-state index in [2.05, 4.69) is 0 Å². The summed E-state index contributed by atoms with van der Waals surface area (Å²) in [6, 6.07) is -1.08. The van der Waals surface area contributed by atoms with Gasteiger partial charge in [0.2, 0.25) is 5.24 Å². The summed E-state index contributed by atoms with van der Waals surface area (Å²) in [4.78, 5) is 19.9. The van der Waals surface area contributed by atoms with Crippen molar-refractivity contribution in [2.24, 2.45) is 5.73 Å². The average Bonchev–Trinajstić information content (AvgIpc) is 1.63. The number of carbonyl (C=O) groups excluding carboxylic acids is 1. The fourth-order valence-electron chi connectivity index (χ4n) is 0.268. The van der Waals surface area contributed by atoms with E-state index in [1.807, 2.05) is 0 Å². The number of rotatable bonds is 3. The third-order valence-corrected chi connectivity index (χ3v) is 0.966. The van der Waals surface area contributed by atoms with Gasteiger partial charge in [-0.15, -0.1) is 0 Å². The second-order valence-corrected chi connectivity index (χ2v) is 1.88. The molecular formula is C4H6ClNO3Sn. The molecule has 0 aromatic heterocycles. The molecule has 0 aromatic rings. The van der Waals surface area contributed by atoms with Crippen LogP contribution >= 0.6 is 11.6 Å². The van der Waals surface area contributed by atoms with Crippen molar-refractivity contribution in [3.05, 3.63) is 0 Å². The number of hydrogen-bond acceptors (Lipinski definition) is 3. The minimum atomic E-state index is -1.13. The van der Waals surface area contributed by atoms with Gasteiger partial charge in [0.25, 0.3) is 0 Å². The van der Waals surface area contributed by atoms with E-state index in [4.69, 9.17) is 22.4 Å². The van der Waals surface area contributed by atoms with Crippen molar-refractivity contribution in [1.29, 1.82) is 0 Å². The number of nitrogens with two attached hydrogens (primary N) is 1. The first-order valence-corrected chi connectivity index (χ1v) is 2.58. The normalized spacial score (nSPS) is 11.4. The van der Waals surface area contributed by atoms with E-state index in [1.165, 1.54) is 0 Å². The van der Waals surface area contributed by atoms with Gasteiger partial charge in [-0.05, 0) is 11.6 Å².